The van der Waals surface area contributed by atoms with Gasteiger partial charge in [-0.2, -0.15) is 0 Å². The molecule has 126 valence electrons. The van der Waals surface area contributed by atoms with Crippen LogP contribution >= 0.6 is 0 Å². The molecule has 0 unspecified atom stereocenters. The SMILES string of the molecule is NCCCCCOc1cccc(-c2cccc(/C=C/C(=O)O)c2)c1. The quantitative estimate of drug-likeness (QED) is 0.541. The van der Waals surface area contributed by atoms with Crippen LogP contribution in [0.15, 0.2) is 54.6 Å². The third-order valence-corrected chi connectivity index (χ3v) is 3.59. The van der Waals surface area contributed by atoms with Crippen molar-refractivity contribution in [1.29, 1.82) is 0 Å². The Bertz CT molecular complexity index is 695. The van der Waals surface area contributed by atoms with Crippen LogP contribution in [0.2, 0.25) is 0 Å². The van der Waals surface area contributed by atoms with E-state index < -0.39 is 5.97 Å². The van der Waals surface area contributed by atoms with Crippen LogP contribution in [0, 0.1) is 0 Å². The molecule has 0 radical (unpaired) electrons. The minimum atomic E-state index is -0.953. The van der Waals surface area contributed by atoms with Crippen molar-refractivity contribution in [3.8, 4) is 16.9 Å². The first kappa shape index (κ1) is 17.8. The van der Waals surface area contributed by atoms with E-state index in [0.29, 0.717) is 6.61 Å². The van der Waals surface area contributed by atoms with Gasteiger partial charge in [-0.25, -0.2) is 4.79 Å². The van der Waals surface area contributed by atoms with Crippen molar-refractivity contribution in [3.63, 3.8) is 0 Å². The first-order chi connectivity index (χ1) is 11.7. The Labute approximate surface area is 142 Å². The normalized spacial score (nSPS) is 10.9. The Morgan fingerprint density at radius 3 is 2.54 bits per heavy atom. The molecule has 2 aromatic rings. The fourth-order valence-corrected chi connectivity index (χ4v) is 2.37. The standard InChI is InChI=1S/C20H23NO3/c21-12-2-1-3-13-24-19-9-5-8-18(15-19)17-7-4-6-16(14-17)10-11-20(22)23/h4-11,14-15H,1-3,12-13,21H2,(H,22,23)/b11-10+. The molecule has 0 fully saturated rings. The second-order valence-corrected chi connectivity index (χ2v) is 5.52. The molecule has 0 aliphatic carbocycles. The van der Waals surface area contributed by atoms with Gasteiger partial charge in [-0.05, 0) is 66.8 Å². The Morgan fingerprint density at radius 2 is 1.79 bits per heavy atom. The Morgan fingerprint density at radius 1 is 1.04 bits per heavy atom. The van der Waals surface area contributed by atoms with Crippen LogP contribution in [-0.2, 0) is 4.79 Å². The molecule has 2 rings (SSSR count). The smallest absolute Gasteiger partial charge is 0.328 e. The van der Waals surface area contributed by atoms with E-state index in [9.17, 15) is 4.79 Å². The molecule has 0 saturated heterocycles. The third-order valence-electron chi connectivity index (χ3n) is 3.59. The molecular weight excluding hydrogens is 302 g/mol. The van der Waals surface area contributed by atoms with Crippen LogP contribution in [0.5, 0.6) is 5.75 Å². The van der Waals surface area contributed by atoms with Crippen molar-refractivity contribution in [2.45, 2.75) is 19.3 Å². The van der Waals surface area contributed by atoms with E-state index in [4.69, 9.17) is 15.6 Å². The molecule has 0 bridgehead atoms. The molecule has 3 N–H and O–H groups in total. The summed E-state index contributed by atoms with van der Waals surface area (Å²) in [5.41, 5.74) is 8.39. The van der Waals surface area contributed by atoms with Gasteiger partial charge in [0.05, 0.1) is 6.61 Å². The number of hydrogen-bond acceptors (Lipinski definition) is 3. The Balaban J connectivity index is 2.05. The highest BCUT2D eigenvalue weighted by molar-refractivity contribution is 5.85. The summed E-state index contributed by atoms with van der Waals surface area (Å²) in [5.74, 6) is -0.114. The van der Waals surface area contributed by atoms with Gasteiger partial charge in [0.15, 0.2) is 0 Å². The minimum Gasteiger partial charge on any atom is -0.494 e. The van der Waals surface area contributed by atoms with Gasteiger partial charge in [0.2, 0.25) is 0 Å². The highest BCUT2D eigenvalue weighted by atomic mass is 16.5. The molecule has 0 aromatic heterocycles. The third kappa shape index (κ3) is 5.89. The Hall–Kier alpha value is -2.59. The van der Waals surface area contributed by atoms with Crippen molar-refractivity contribution < 1.29 is 14.6 Å². The van der Waals surface area contributed by atoms with Crippen LogP contribution in [-0.4, -0.2) is 24.2 Å². The molecule has 4 nitrogen and oxygen atoms in total. The summed E-state index contributed by atoms with van der Waals surface area (Å²) in [6.45, 7) is 1.41. The van der Waals surface area contributed by atoms with E-state index >= 15 is 0 Å². The van der Waals surface area contributed by atoms with E-state index in [-0.39, 0.29) is 0 Å². The van der Waals surface area contributed by atoms with Crippen LogP contribution in [0.4, 0.5) is 0 Å². The van der Waals surface area contributed by atoms with Gasteiger partial charge in [-0.1, -0.05) is 30.3 Å². The minimum absolute atomic E-state index is 0.685. The monoisotopic (exact) mass is 325 g/mol. The van der Waals surface area contributed by atoms with Gasteiger partial charge >= 0.3 is 5.97 Å². The maximum Gasteiger partial charge on any atom is 0.328 e. The second kappa shape index (κ2) is 9.53. The van der Waals surface area contributed by atoms with E-state index in [1.54, 1.807) is 6.08 Å². The van der Waals surface area contributed by atoms with Gasteiger partial charge in [-0.15, -0.1) is 0 Å². The van der Waals surface area contributed by atoms with Crippen molar-refractivity contribution >= 4 is 12.0 Å². The predicted molar refractivity (Wildman–Crippen MR) is 96.9 cm³/mol. The maximum absolute atomic E-state index is 10.6. The lowest BCUT2D eigenvalue weighted by atomic mass is 10.0. The predicted octanol–water partition coefficient (Wildman–Crippen LogP) is 3.96. The van der Waals surface area contributed by atoms with Crippen LogP contribution in [0.25, 0.3) is 17.2 Å². The molecule has 0 aliphatic rings. The van der Waals surface area contributed by atoms with Gasteiger partial charge in [0.1, 0.15) is 5.75 Å². The van der Waals surface area contributed by atoms with Crippen LogP contribution in [0.1, 0.15) is 24.8 Å². The largest absolute Gasteiger partial charge is 0.494 e. The molecule has 24 heavy (non-hydrogen) atoms. The van der Waals surface area contributed by atoms with Gasteiger partial charge in [0, 0.05) is 6.08 Å². The first-order valence-corrected chi connectivity index (χ1v) is 8.13. The zero-order valence-corrected chi connectivity index (χ0v) is 13.7. The number of aliphatic carboxylic acids is 1. The summed E-state index contributed by atoms with van der Waals surface area (Å²) in [7, 11) is 0. The second-order valence-electron chi connectivity index (χ2n) is 5.52. The van der Waals surface area contributed by atoms with Crippen molar-refractivity contribution in [1.82, 2.24) is 0 Å². The fourth-order valence-electron chi connectivity index (χ4n) is 2.37. The summed E-state index contributed by atoms with van der Waals surface area (Å²) < 4.78 is 5.79. The molecule has 0 spiro atoms. The number of benzene rings is 2. The number of hydrogen-bond donors (Lipinski definition) is 2. The topological polar surface area (TPSA) is 72.5 Å². The summed E-state index contributed by atoms with van der Waals surface area (Å²) >= 11 is 0. The number of carbonyl (C=O) groups is 1. The number of unbranched alkanes of at least 4 members (excludes halogenated alkanes) is 2. The summed E-state index contributed by atoms with van der Waals surface area (Å²) in [6, 6.07) is 15.7. The number of ether oxygens (including phenoxy) is 1. The van der Waals surface area contributed by atoms with Gasteiger partial charge in [0.25, 0.3) is 0 Å². The first-order valence-electron chi connectivity index (χ1n) is 8.13. The summed E-state index contributed by atoms with van der Waals surface area (Å²) in [4.78, 5) is 10.6. The highest BCUT2D eigenvalue weighted by Crippen LogP contribution is 2.25. The number of carboxylic acids is 1. The van der Waals surface area contributed by atoms with E-state index in [2.05, 4.69) is 0 Å². The molecule has 2 aromatic carbocycles. The maximum atomic E-state index is 10.6. The molecular formula is C20H23NO3. The van der Waals surface area contributed by atoms with Crippen molar-refractivity contribution in [2.75, 3.05) is 13.2 Å². The molecule has 0 atom stereocenters. The molecule has 0 aliphatic heterocycles. The lowest BCUT2D eigenvalue weighted by Crippen LogP contribution is -2.01. The van der Waals surface area contributed by atoms with Gasteiger partial charge < -0.3 is 15.6 Å². The summed E-state index contributed by atoms with van der Waals surface area (Å²) in [5, 5.41) is 8.72. The zero-order valence-electron chi connectivity index (χ0n) is 13.7. The van der Waals surface area contributed by atoms with E-state index in [1.165, 1.54) is 0 Å². The average molecular weight is 325 g/mol. The number of carboxylic acid groups (broad SMARTS) is 1. The van der Waals surface area contributed by atoms with Crippen molar-refractivity contribution in [2.24, 2.45) is 5.73 Å². The van der Waals surface area contributed by atoms with Crippen LogP contribution in [0.3, 0.4) is 0 Å². The molecule has 0 saturated carbocycles. The fraction of sp³-hybridized carbons (Fsp3) is 0.250. The zero-order chi connectivity index (χ0) is 17.2. The van der Waals surface area contributed by atoms with Crippen LogP contribution < -0.4 is 10.5 Å². The lowest BCUT2D eigenvalue weighted by Gasteiger charge is -2.09. The van der Waals surface area contributed by atoms with E-state index in [1.807, 2.05) is 48.5 Å². The van der Waals surface area contributed by atoms with Crippen molar-refractivity contribution in [3.05, 3.63) is 60.2 Å². The molecule has 0 amide bonds. The average Bonchev–Trinajstić information content (AvgIpc) is 2.60. The molecule has 4 heteroatoms. The van der Waals surface area contributed by atoms with Gasteiger partial charge in [-0.3, -0.25) is 0 Å². The Kier molecular flexibility index (Phi) is 7.05. The highest BCUT2D eigenvalue weighted by Gasteiger charge is 2.01. The number of rotatable bonds is 9. The summed E-state index contributed by atoms with van der Waals surface area (Å²) in [6.07, 6.45) is 5.83. The number of nitrogens with two attached hydrogens (primary N) is 1. The lowest BCUT2D eigenvalue weighted by molar-refractivity contribution is -0.131. The molecule has 0 heterocycles. The van der Waals surface area contributed by atoms with E-state index in [0.717, 1.165) is 54.3 Å².